The van der Waals surface area contributed by atoms with E-state index in [1.54, 1.807) is 13.8 Å². The summed E-state index contributed by atoms with van der Waals surface area (Å²) in [4.78, 5) is 0. The highest BCUT2D eigenvalue weighted by Crippen LogP contribution is 2.49. The Bertz CT molecular complexity index is 359. The van der Waals surface area contributed by atoms with Crippen LogP contribution in [-0.4, -0.2) is 54.0 Å². The van der Waals surface area contributed by atoms with Gasteiger partial charge in [0.2, 0.25) is 0 Å². The van der Waals surface area contributed by atoms with Crippen LogP contribution < -0.4 is 0 Å². The molecule has 1 aliphatic carbocycles. The molecule has 1 fully saturated rings. The molecule has 0 aromatic heterocycles. The molecule has 0 aromatic rings. The van der Waals surface area contributed by atoms with Gasteiger partial charge in [-0.15, -0.1) is 0 Å². The predicted octanol–water partition coefficient (Wildman–Crippen LogP) is 2.18. The second-order valence-electron chi connectivity index (χ2n) is 6.27. The van der Waals surface area contributed by atoms with Crippen LogP contribution in [0.25, 0.3) is 0 Å². The normalized spacial score (nSPS) is 33.4. The minimum absolute atomic E-state index is 0.0648. The molecule has 21 heavy (non-hydrogen) atoms. The lowest BCUT2D eigenvalue weighted by Crippen LogP contribution is -2.49. The van der Waals surface area contributed by atoms with Gasteiger partial charge in [0.15, 0.2) is 0 Å². The maximum atomic E-state index is 12.4. The van der Waals surface area contributed by atoms with Crippen LogP contribution in [0.5, 0.6) is 0 Å². The minimum atomic E-state index is -3.29. The Morgan fingerprint density at radius 2 is 1.76 bits per heavy atom. The van der Waals surface area contributed by atoms with E-state index in [1.165, 1.54) is 6.66 Å². The lowest BCUT2D eigenvalue weighted by Gasteiger charge is -2.39. The van der Waals surface area contributed by atoms with Crippen molar-refractivity contribution in [3.05, 3.63) is 0 Å². The van der Waals surface area contributed by atoms with E-state index in [2.05, 4.69) is 0 Å². The molecule has 6 nitrogen and oxygen atoms in total. The number of aliphatic hydroxyl groups excluding tert-OH is 2. The second kappa shape index (κ2) is 8.04. The Morgan fingerprint density at radius 1 is 1.14 bits per heavy atom. The van der Waals surface area contributed by atoms with Crippen molar-refractivity contribution in [1.29, 1.82) is 0 Å². The summed E-state index contributed by atoms with van der Waals surface area (Å²) in [6.45, 7) is 9.18. The van der Waals surface area contributed by atoms with Gasteiger partial charge in [-0.2, -0.15) is 0 Å². The zero-order chi connectivity index (χ0) is 16.2. The molecule has 0 heterocycles. The molecule has 0 aliphatic heterocycles. The first-order chi connectivity index (χ1) is 9.62. The van der Waals surface area contributed by atoms with Crippen molar-refractivity contribution in [2.75, 3.05) is 13.3 Å². The third-order valence-electron chi connectivity index (χ3n) is 3.39. The van der Waals surface area contributed by atoms with Crippen LogP contribution in [0, 0.1) is 5.92 Å². The van der Waals surface area contributed by atoms with Crippen molar-refractivity contribution in [3.63, 3.8) is 0 Å². The summed E-state index contributed by atoms with van der Waals surface area (Å²) >= 11 is 0. The number of hydrogen-bond donors (Lipinski definition) is 2. The molecule has 0 radical (unpaired) electrons. The van der Waals surface area contributed by atoms with E-state index in [1.807, 2.05) is 13.8 Å². The Morgan fingerprint density at radius 3 is 2.29 bits per heavy atom. The average Bonchev–Trinajstić information content (AvgIpc) is 2.32. The number of aliphatic hydroxyl groups is 2. The van der Waals surface area contributed by atoms with Gasteiger partial charge in [0.25, 0.3) is 0 Å². The second-order valence-corrected chi connectivity index (χ2v) is 8.24. The van der Waals surface area contributed by atoms with Gasteiger partial charge in [0.1, 0.15) is 12.2 Å². The standard InChI is InChI=1S/C14H29O6P/c1-9(2)18-8-11-6-7-12(15)13(16)14(11)20-21(5,17)19-10(3)4/h9-16H,6-8H2,1-5H3. The van der Waals surface area contributed by atoms with Gasteiger partial charge in [0, 0.05) is 12.6 Å². The maximum absolute atomic E-state index is 12.4. The quantitative estimate of drug-likeness (QED) is 0.698. The largest absolute Gasteiger partial charge is 0.390 e. The van der Waals surface area contributed by atoms with E-state index in [9.17, 15) is 14.8 Å². The highest BCUT2D eigenvalue weighted by molar-refractivity contribution is 7.53. The molecule has 0 saturated heterocycles. The lowest BCUT2D eigenvalue weighted by molar-refractivity contribution is -0.120. The molecule has 0 spiro atoms. The van der Waals surface area contributed by atoms with Crippen LogP contribution >= 0.6 is 7.60 Å². The van der Waals surface area contributed by atoms with E-state index in [0.717, 1.165) is 0 Å². The van der Waals surface area contributed by atoms with E-state index in [-0.39, 0.29) is 18.1 Å². The highest BCUT2D eigenvalue weighted by Gasteiger charge is 2.42. The van der Waals surface area contributed by atoms with Crippen LogP contribution in [-0.2, 0) is 18.3 Å². The average molecular weight is 324 g/mol. The summed E-state index contributed by atoms with van der Waals surface area (Å²) in [7, 11) is -3.29. The molecule has 0 aromatic carbocycles. The summed E-state index contributed by atoms with van der Waals surface area (Å²) in [6, 6.07) is 0. The number of rotatable bonds is 7. The van der Waals surface area contributed by atoms with Gasteiger partial charge in [-0.25, -0.2) is 0 Å². The fraction of sp³-hybridized carbons (Fsp3) is 1.00. The third-order valence-corrected chi connectivity index (χ3v) is 4.82. The molecule has 2 N–H and O–H groups in total. The van der Waals surface area contributed by atoms with E-state index < -0.39 is 25.9 Å². The summed E-state index contributed by atoms with van der Waals surface area (Å²) < 4.78 is 28.8. The van der Waals surface area contributed by atoms with Crippen LogP contribution in [0.1, 0.15) is 40.5 Å². The fourth-order valence-corrected chi connectivity index (χ4v) is 4.04. The Hall–Kier alpha value is 0.0300. The smallest absolute Gasteiger partial charge is 0.328 e. The maximum Gasteiger partial charge on any atom is 0.328 e. The zero-order valence-corrected chi connectivity index (χ0v) is 14.5. The van der Waals surface area contributed by atoms with Gasteiger partial charge in [-0.05, 0) is 40.5 Å². The van der Waals surface area contributed by atoms with Crippen LogP contribution in [0.4, 0.5) is 0 Å². The molecule has 5 unspecified atom stereocenters. The van der Waals surface area contributed by atoms with Crippen molar-refractivity contribution in [2.24, 2.45) is 5.92 Å². The number of ether oxygens (including phenoxy) is 1. The van der Waals surface area contributed by atoms with Crippen molar-refractivity contribution >= 4 is 7.60 Å². The van der Waals surface area contributed by atoms with Crippen molar-refractivity contribution < 1.29 is 28.6 Å². The summed E-state index contributed by atoms with van der Waals surface area (Å²) in [5.41, 5.74) is 0. The molecule has 0 amide bonds. The molecule has 5 atom stereocenters. The molecule has 0 bridgehead atoms. The topological polar surface area (TPSA) is 85.2 Å². The van der Waals surface area contributed by atoms with Gasteiger partial charge < -0.3 is 24.0 Å². The third kappa shape index (κ3) is 6.35. The molecule has 1 aliphatic rings. The Balaban J connectivity index is 2.76. The first-order valence-corrected chi connectivity index (χ1v) is 9.53. The van der Waals surface area contributed by atoms with Crippen molar-refractivity contribution in [1.82, 2.24) is 0 Å². The zero-order valence-electron chi connectivity index (χ0n) is 13.6. The van der Waals surface area contributed by atoms with Crippen molar-refractivity contribution in [2.45, 2.75) is 71.1 Å². The van der Waals surface area contributed by atoms with Gasteiger partial charge >= 0.3 is 7.60 Å². The Kier molecular flexibility index (Phi) is 7.31. The van der Waals surface area contributed by atoms with Gasteiger partial charge in [-0.3, -0.25) is 4.57 Å². The predicted molar refractivity (Wildman–Crippen MR) is 80.5 cm³/mol. The molecule has 1 saturated carbocycles. The van der Waals surface area contributed by atoms with E-state index >= 15 is 0 Å². The Labute approximate surface area is 127 Å². The fourth-order valence-electron chi connectivity index (χ4n) is 2.49. The molecule has 126 valence electrons. The summed E-state index contributed by atoms with van der Waals surface area (Å²) in [5, 5.41) is 20.0. The van der Waals surface area contributed by atoms with Crippen LogP contribution in [0.3, 0.4) is 0 Å². The lowest BCUT2D eigenvalue weighted by atomic mass is 9.83. The monoisotopic (exact) mass is 324 g/mol. The van der Waals surface area contributed by atoms with Crippen LogP contribution in [0.2, 0.25) is 0 Å². The van der Waals surface area contributed by atoms with E-state index in [0.29, 0.717) is 19.4 Å². The first kappa shape index (κ1) is 19.1. The highest BCUT2D eigenvalue weighted by atomic mass is 31.2. The SMILES string of the molecule is CC(C)OCC1CCC(O)C(O)C1OP(C)(=O)OC(C)C. The van der Waals surface area contributed by atoms with Crippen molar-refractivity contribution in [3.8, 4) is 0 Å². The molecular weight excluding hydrogens is 295 g/mol. The number of hydrogen-bond acceptors (Lipinski definition) is 6. The molecule has 1 rings (SSSR count). The van der Waals surface area contributed by atoms with Gasteiger partial charge in [-0.1, -0.05) is 0 Å². The van der Waals surface area contributed by atoms with E-state index in [4.69, 9.17) is 13.8 Å². The molecule has 7 heteroatoms. The first-order valence-electron chi connectivity index (χ1n) is 7.54. The van der Waals surface area contributed by atoms with Crippen LogP contribution in [0.15, 0.2) is 0 Å². The minimum Gasteiger partial charge on any atom is -0.390 e. The van der Waals surface area contributed by atoms with Gasteiger partial charge in [0.05, 0.1) is 24.9 Å². The molecular formula is C14H29O6P. The summed E-state index contributed by atoms with van der Waals surface area (Å²) in [5.74, 6) is -0.116. The summed E-state index contributed by atoms with van der Waals surface area (Å²) in [6.07, 6.45) is -1.74.